The molecule has 0 radical (unpaired) electrons. The minimum Gasteiger partial charge on any atom is -0.465 e. The normalized spacial score (nSPS) is 20.4. The molecule has 0 spiro atoms. The van der Waals surface area contributed by atoms with Gasteiger partial charge in [-0.2, -0.15) is 4.31 Å². The maximum atomic E-state index is 12.2. The van der Waals surface area contributed by atoms with Crippen molar-refractivity contribution in [3.8, 4) is 0 Å². The molecule has 6 nitrogen and oxygen atoms in total. The van der Waals surface area contributed by atoms with E-state index in [2.05, 4.69) is 4.74 Å². The molecule has 1 N–H and O–H groups in total. The van der Waals surface area contributed by atoms with Gasteiger partial charge in [-0.3, -0.25) is 0 Å². The van der Waals surface area contributed by atoms with E-state index in [-0.39, 0.29) is 11.4 Å². The summed E-state index contributed by atoms with van der Waals surface area (Å²) in [7, 11) is -2.34. The van der Waals surface area contributed by atoms with Crippen molar-refractivity contribution >= 4 is 16.0 Å². The van der Waals surface area contributed by atoms with Crippen LogP contribution < -0.4 is 0 Å². The molecule has 1 aliphatic rings. The van der Waals surface area contributed by atoms with Crippen molar-refractivity contribution in [2.24, 2.45) is 0 Å². The number of rotatable bonds is 3. The number of β-amino-alcohol motifs (C(OH)–C–C–N with tert-alkyl or cyclic N) is 1. The molecular formula is C12H15NO5S. The summed E-state index contributed by atoms with van der Waals surface area (Å²) in [6, 6.07) is 5.55. The Hall–Kier alpha value is -1.44. The minimum atomic E-state index is -3.60. The number of methoxy groups -OCH3 is 1. The van der Waals surface area contributed by atoms with E-state index in [1.165, 1.54) is 35.7 Å². The molecule has 1 aromatic carbocycles. The minimum absolute atomic E-state index is 0.106. The number of hydrogen-bond donors (Lipinski definition) is 1. The predicted molar refractivity (Wildman–Crippen MR) is 67.2 cm³/mol. The smallest absolute Gasteiger partial charge is 0.337 e. The molecule has 1 fully saturated rings. The van der Waals surface area contributed by atoms with Crippen LogP contribution in [-0.2, 0) is 14.8 Å². The van der Waals surface area contributed by atoms with Crippen LogP contribution in [0.5, 0.6) is 0 Å². The Labute approximate surface area is 111 Å². The van der Waals surface area contributed by atoms with Gasteiger partial charge in [0.25, 0.3) is 0 Å². The van der Waals surface area contributed by atoms with Gasteiger partial charge in [-0.1, -0.05) is 0 Å². The first-order chi connectivity index (χ1) is 8.95. The summed E-state index contributed by atoms with van der Waals surface area (Å²) in [4.78, 5) is 11.4. The molecule has 0 aromatic heterocycles. The van der Waals surface area contributed by atoms with E-state index in [4.69, 9.17) is 0 Å². The van der Waals surface area contributed by atoms with Gasteiger partial charge in [0.1, 0.15) is 0 Å². The van der Waals surface area contributed by atoms with E-state index >= 15 is 0 Å². The topological polar surface area (TPSA) is 83.9 Å². The summed E-state index contributed by atoms with van der Waals surface area (Å²) in [5.74, 6) is -0.513. The first kappa shape index (κ1) is 14.0. The largest absolute Gasteiger partial charge is 0.465 e. The zero-order valence-electron chi connectivity index (χ0n) is 10.4. The summed E-state index contributed by atoms with van der Waals surface area (Å²) in [5, 5.41) is 9.39. The molecule has 1 saturated heterocycles. The van der Waals surface area contributed by atoms with Crippen molar-refractivity contribution in [2.75, 3.05) is 20.2 Å². The first-order valence-electron chi connectivity index (χ1n) is 5.82. The number of esters is 1. The molecule has 104 valence electrons. The van der Waals surface area contributed by atoms with Gasteiger partial charge in [-0.05, 0) is 30.7 Å². The summed E-state index contributed by atoms with van der Waals surface area (Å²) in [6.07, 6.45) is -0.163. The number of sulfonamides is 1. The van der Waals surface area contributed by atoms with Gasteiger partial charge < -0.3 is 9.84 Å². The second kappa shape index (κ2) is 5.28. The van der Waals surface area contributed by atoms with Crippen LogP contribution in [0.4, 0.5) is 0 Å². The highest BCUT2D eigenvalue weighted by molar-refractivity contribution is 7.89. The number of aliphatic hydroxyl groups is 1. The molecule has 2 rings (SSSR count). The maximum absolute atomic E-state index is 12.2. The standard InChI is InChI=1S/C12H15NO5S/c1-18-12(15)9-2-4-11(5-3-9)19(16,17)13-7-6-10(14)8-13/h2-5,10,14H,6-8H2,1H3/t10-/m0/s1. The lowest BCUT2D eigenvalue weighted by molar-refractivity contribution is 0.0600. The monoisotopic (exact) mass is 285 g/mol. The van der Waals surface area contributed by atoms with Crippen molar-refractivity contribution in [3.63, 3.8) is 0 Å². The van der Waals surface area contributed by atoms with Crippen LogP contribution in [0.1, 0.15) is 16.8 Å². The highest BCUT2D eigenvalue weighted by Crippen LogP contribution is 2.21. The van der Waals surface area contributed by atoms with Crippen molar-refractivity contribution in [3.05, 3.63) is 29.8 Å². The summed E-state index contributed by atoms with van der Waals surface area (Å²) >= 11 is 0. The molecule has 1 heterocycles. The van der Waals surface area contributed by atoms with Gasteiger partial charge in [-0.25, -0.2) is 13.2 Å². The molecule has 1 aromatic rings. The van der Waals surface area contributed by atoms with E-state index in [0.29, 0.717) is 18.5 Å². The maximum Gasteiger partial charge on any atom is 0.337 e. The van der Waals surface area contributed by atoms with Gasteiger partial charge in [-0.15, -0.1) is 0 Å². The number of carbonyl (C=O) groups is 1. The van der Waals surface area contributed by atoms with Crippen LogP contribution in [0.2, 0.25) is 0 Å². The highest BCUT2D eigenvalue weighted by Gasteiger charge is 2.31. The molecule has 0 amide bonds. The fourth-order valence-corrected chi connectivity index (χ4v) is 3.45. The molecule has 19 heavy (non-hydrogen) atoms. The molecule has 1 atom stereocenters. The number of hydrogen-bond acceptors (Lipinski definition) is 5. The van der Waals surface area contributed by atoms with E-state index in [0.717, 1.165) is 0 Å². The van der Waals surface area contributed by atoms with Crippen LogP contribution in [0.15, 0.2) is 29.2 Å². The van der Waals surface area contributed by atoms with Crippen molar-refractivity contribution < 1.29 is 23.1 Å². The van der Waals surface area contributed by atoms with Crippen molar-refractivity contribution in [1.29, 1.82) is 0 Å². The number of ether oxygens (including phenoxy) is 1. The Morgan fingerprint density at radius 1 is 1.37 bits per heavy atom. The van der Waals surface area contributed by atoms with Gasteiger partial charge in [0.15, 0.2) is 0 Å². The van der Waals surface area contributed by atoms with Crippen LogP contribution in [0, 0.1) is 0 Å². The third kappa shape index (κ3) is 2.78. The number of aliphatic hydroxyl groups excluding tert-OH is 1. The number of benzene rings is 1. The van der Waals surface area contributed by atoms with Crippen LogP contribution in [0.25, 0.3) is 0 Å². The molecule has 7 heteroatoms. The molecule has 0 saturated carbocycles. The number of nitrogens with zero attached hydrogens (tertiary/aromatic N) is 1. The van der Waals surface area contributed by atoms with E-state index < -0.39 is 22.1 Å². The Morgan fingerprint density at radius 2 is 2.00 bits per heavy atom. The molecule has 0 aliphatic carbocycles. The van der Waals surface area contributed by atoms with Gasteiger partial charge >= 0.3 is 5.97 Å². The highest BCUT2D eigenvalue weighted by atomic mass is 32.2. The Morgan fingerprint density at radius 3 is 2.47 bits per heavy atom. The van der Waals surface area contributed by atoms with Crippen molar-refractivity contribution in [1.82, 2.24) is 4.31 Å². The predicted octanol–water partition coefficient (Wildman–Crippen LogP) is 0.228. The lowest BCUT2D eigenvalue weighted by Crippen LogP contribution is -2.29. The molecule has 1 aliphatic heterocycles. The molecular weight excluding hydrogens is 270 g/mol. The SMILES string of the molecule is COC(=O)c1ccc(S(=O)(=O)N2CC[C@H](O)C2)cc1. The van der Waals surface area contributed by atoms with Crippen LogP contribution >= 0.6 is 0 Å². The van der Waals surface area contributed by atoms with Gasteiger partial charge in [0, 0.05) is 13.1 Å². The molecule has 0 unspecified atom stereocenters. The van der Waals surface area contributed by atoms with E-state index in [9.17, 15) is 18.3 Å². The van der Waals surface area contributed by atoms with Crippen LogP contribution in [0.3, 0.4) is 0 Å². The first-order valence-corrected chi connectivity index (χ1v) is 7.26. The van der Waals surface area contributed by atoms with Gasteiger partial charge in [0.05, 0.1) is 23.7 Å². The van der Waals surface area contributed by atoms with Crippen molar-refractivity contribution in [2.45, 2.75) is 17.4 Å². The van der Waals surface area contributed by atoms with Crippen LogP contribution in [-0.4, -0.2) is 50.1 Å². The summed E-state index contributed by atoms with van der Waals surface area (Å²) in [5.41, 5.74) is 0.294. The third-order valence-electron chi connectivity index (χ3n) is 3.04. The summed E-state index contributed by atoms with van der Waals surface area (Å²) in [6.45, 7) is 0.420. The Kier molecular flexibility index (Phi) is 3.88. The fourth-order valence-electron chi connectivity index (χ4n) is 1.96. The lowest BCUT2D eigenvalue weighted by Gasteiger charge is -2.15. The summed E-state index contributed by atoms with van der Waals surface area (Å²) < 4.78 is 30.2. The number of carbonyl (C=O) groups excluding carboxylic acids is 1. The Balaban J connectivity index is 2.24. The van der Waals surface area contributed by atoms with E-state index in [1.807, 2.05) is 0 Å². The zero-order valence-corrected chi connectivity index (χ0v) is 11.3. The second-order valence-corrected chi connectivity index (χ2v) is 6.26. The lowest BCUT2D eigenvalue weighted by atomic mass is 10.2. The Bertz CT molecular complexity index is 566. The van der Waals surface area contributed by atoms with E-state index in [1.54, 1.807) is 0 Å². The zero-order chi connectivity index (χ0) is 14.0. The second-order valence-electron chi connectivity index (χ2n) is 4.32. The van der Waals surface area contributed by atoms with Gasteiger partial charge in [0.2, 0.25) is 10.0 Å². The fraction of sp³-hybridized carbons (Fsp3) is 0.417. The average Bonchev–Trinajstić information content (AvgIpc) is 2.85. The third-order valence-corrected chi connectivity index (χ3v) is 4.92. The quantitative estimate of drug-likeness (QED) is 0.804. The average molecular weight is 285 g/mol. The molecule has 0 bridgehead atoms.